The van der Waals surface area contributed by atoms with E-state index in [1.54, 1.807) is 19.1 Å². The summed E-state index contributed by atoms with van der Waals surface area (Å²) in [4.78, 5) is 0.416. The lowest BCUT2D eigenvalue weighted by atomic mass is 10.0. The third kappa shape index (κ3) is 4.42. The molecule has 0 saturated carbocycles. The Balaban J connectivity index is 2.56. The van der Waals surface area contributed by atoms with Crippen LogP contribution < -0.4 is 5.73 Å². The Morgan fingerprint density at radius 1 is 1.17 bits per heavy atom. The van der Waals surface area contributed by atoms with E-state index in [-0.39, 0.29) is 11.8 Å². The van der Waals surface area contributed by atoms with E-state index in [0.29, 0.717) is 4.90 Å². The normalized spacial score (nSPS) is 13.5. The van der Waals surface area contributed by atoms with E-state index in [2.05, 4.69) is 6.92 Å². The number of benzene rings is 1. The fraction of sp³-hybridized carbons (Fsp3) is 0.571. The van der Waals surface area contributed by atoms with E-state index < -0.39 is 9.84 Å². The topological polar surface area (TPSA) is 60.2 Å². The van der Waals surface area contributed by atoms with Gasteiger partial charge in [0.05, 0.1) is 10.6 Å². The Morgan fingerprint density at radius 3 is 2.28 bits per heavy atom. The molecule has 1 unspecified atom stereocenters. The van der Waals surface area contributed by atoms with Crippen LogP contribution >= 0.6 is 0 Å². The van der Waals surface area contributed by atoms with Gasteiger partial charge >= 0.3 is 0 Å². The first kappa shape index (κ1) is 15.2. The van der Waals surface area contributed by atoms with Crippen LogP contribution in [0.15, 0.2) is 29.2 Å². The van der Waals surface area contributed by atoms with Crippen LogP contribution in [0.5, 0.6) is 0 Å². The molecule has 1 rings (SSSR count). The summed E-state index contributed by atoms with van der Waals surface area (Å²) in [6.45, 7) is 3.75. The zero-order chi connectivity index (χ0) is 13.6. The molecule has 0 aromatic heterocycles. The number of sulfone groups is 1. The van der Waals surface area contributed by atoms with E-state index in [9.17, 15) is 8.42 Å². The number of rotatable bonds is 7. The molecule has 0 saturated heterocycles. The Bertz CT molecular complexity index is 451. The molecular weight excluding hydrogens is 246 g/mol. The van der Waals surface area contributed by atoms with E-state index in [4.69, 9.17) is 5.73 Å². The highest BCUT2D eigenvalue weighted by Gasteiger charge is 2.10. The minimum atomic E-state index is -3.07. The molecule has 0 heterocycles. The number of hydrogen-bond acceptors (Lipinski definition) is 3. The summed E-state index contributed by atoms with van der Waals surface area (Å²) in [5.41, 5.74) is 7.03. The maximum atomic E-state index is 11.6. The van der Waals surface area contributed by atoms with Crippen molar-refractivity contribution in [3.63, 3.8) is 0 Å². The number of aryl methyl sites for hydroxylation is 1. The van der Waals surface area contributed by atoms with Gasteiger partial charge in [0.25, 0.3) is 0 Å². The molecule has 1 atom stereocenters. The fourth-order valence-corrected chi connectivity index (χ4v) is 2.69. The molecule has 3 nitrogen and oxygen atoms in total. The summed E-state index contributed by atoms with van der Waals surface area (Å²) in [5.74, 6) is 0.150. The molecule has 18 heavy (non-hydrogen) atoms. The van der Waals surface area contributed by atoms with Crippen LogP contribution in [0.25, 0.3) is 0 Å². The molecule has 0 bridgehead atoms. The largest absolute Gasteiger partial charge is 0.328 e. The van der Waals surface area contributed by atoms with Gasteiger partial charge < -0.3 is 5.73 Å². The van der Waals surface area contributed by atoms with Gasteiger partial charge in [0.2, 0.25) is 0 Å². The Morgan fingerprint density at radius 2 is 1.78 bits per heavy atom. The van der Waals surface area contributed by atoms with Crippen molar-refractivity contribution in [2.45, 2.75) is 50.5 Å². The summed E-state index contributed by atoms with van der Waals surface area (Å²) in [6, 6.07) is 7.49. The molecule has 0 radical (unpaired) electrons. The number of hydrogen-bond donors (Lipinski definition) is 1. The van der Waals surface area contributed by atoms with Gasteiger partial charge in [-0.25, -0.2) is 8.42 Å². The molecule has 0 aliphatic heterocycles. The first-order chi connectivity index (χ1) is 8.49. The quantitative estimate of drug-likeness (QED) is 0.827. The first-order valence-electron chi connectivity index (χ1n) is 6.57. The molecule has 102 valence electrons. The highest BCUT2D eigenvalue weighted by molar-refractivity contribution is 7.91. The Labute approximate surface area is 110 Å². The maximum absolute atomic E-state index is 11.6. The van der Waals surface area contributed by atoms with Crippen LogP contribution in [0.3, 0.4) is 0 Å². The maximum Gasteiger partial charge on any atom is 0.178 e. The minimum Gasteiger partial charge on any atom is -0.328 e. The lowest BCUT2D eigenvalue weighted by Gasteiger charge is -2.08. The van der Waals surface area contributed by atoms with E-state index in [1.807, 2.05) is 12.1 Å². The van der Waals surface area contributed by atoms with Crippen molar-refractivity contribution in [3.8, 4) is 0 Å². The first-order valence-corrected chi connectivity index (χ1v) is 8.22. The average molecular weight is 269 g/mol. The predicted octanol–water partition coefficient (Wildman–Crippen LogP) is 2.54. The van der Waals surface area contributed by atoms with Crippen LogP contribution in [-0.2, 0) is 16.3 Å². The Kier molecular flexibility index (Phi) is 5.82. The van der Waals surface area contributed by atoms with E-state index in [1.165, 1.54) is 5.56 Å². The molecule has 1 aromatic rings. The van der Waals surface area contributed by atoms with Crippen LogP contribution in [0.1, 0.15) is 38.7 Å². The van der Waals surface area contributed by atoms with Gasteiger partial charge in [0.15, 0.2) is 9.84 Å². The molecule has 1 aromatic carbocycles. The van der Waals surface area contributed by atoms with Gasteiger partial charge in [-0.1, -0.05) is 26.0 Å². The molecule has 0 aliphatic rings. The molecular formula is C14H23NO2S. The lowest BCUT2D eigenvalue weighted by Crippen LogP contribution is -2.18. The zero-order valence-corrected chi connectivity index (χ0v) is 12.0. The second kappa shape index (κ2) is 6.90. The van der Waals surface area contributed by atoms with Crippen molar-refractivity contribution in [2.75, 3.05) is 5.75 Å². The summed E-state index contributed by atoms with van der Waals surface area (Å²) in [6.07, 6.45) is 4.04. The molecule has 0 amide bonds. The van der Waals surface area contributed by atoms with Crippen LogP contribution in [0.4, 0.5) is 0 Å². The molecule has 0 fully saturated rings. The van der Waals surface area contributed by atoms with Gasteiger partial charge in [-0.3, -0.25) is 0 Å². The second-order valence-electron chi connectivity index (χ2n) is 4.61. The number of nitrogens with two attached hydrogens (primary N) is 1. The smallest absolute Gasteiger partial charge is 0.178 e. The van der Waals surface area contributed by atoms with Crippen molar-refractivity contribution in [3.05, 3.63) is 29.8 Å². The molecule has 2 N–H and O–H groups in total. The summed E-state index contributed by atoms with van der Waals surface area (Å²) in [7, 11) is -3.07. The van der Waals surface area contributed by atoms with E-state index >= 15 is 0 Å². The van der Waals surface area contributed by atoms with Gasteiger partial charge in [0, 0.05) is 6.04 Å². The monoisotopic (exact) mass is 269 g/mol. The van der Waals surface area contributed by atoms with Gasteiger partial charge in [-0.15, -0.1) is 0 Å². The van der Waals surface area contributed by atoms with Crippen LogP contribution in [-0.4, -0.2) is 20.2 Å². The lowest BCUT2D eigenvalue weighted by molar-refractivity contribution is 0.568. The van der Waals surface area contributed by atoms with Gasteiger partial charge in [-0.05, 0) is 43.4 Å². The average Bonchev–Trinajstić information content (AvgIpc) is 2.39. The highest BCUT2D eigenvalue weighted by atomic mass is 32.2. The summed E-state index contributed by atoms with van der Waals surface area (Å²) < 4.78 is 23.3. The van der Waals surface area contributed by atoms with Crippen molar-refractivity contribution in [1.82, 2.24) is 0 Å². The van der Waals surface area contributed by atoms with Crippen LogP contribution in [0.2, 0.25) is 0 Å². The minimum absolute atomic E-state index is 0.150. The fourth-order valence-electron chi connectivity index (χ4n) is 1.80. The van der Waals surface area contributed by atoms with Crippen molar-refractivity contribution >= 4 is 9.84 Å². The predicted molar refractivity (Wildman–Crippen MR) is 75.4 cm³/mol. The SMILES string of the molecule is CCC(N)CCCc1ccc(S(=O)(=O)CC)cc1. The summed E-state index contributed by atoms with van der Waals surface area (Å²) >= 11 is 0. The second-order valence-corrected chi connectivity index (χ2v) is 6.89. The van der Waals surface area contributed by atoms with Gasteiger partial charge in [0.1, 0.15) is 0 Å². The molecule has 4 heteroatoms. The third-order valence-corrected chi connectivity index (χ3v) is 4.98. The molecule has 0 aliphatic carbocycles. The van der Waals surface area contributed by atoms with E-state index in [0.717, 1.165) is 25.7 Å². The van der Waals surface area contributed by atoms with Gasteiger partial charge in [-0.2, -0.15) is 0 Å². The third-order valence-electron chi connectivity index (χ3n) is 3.23. The van der Waals surface area contributed by atoms with Crippen molar-refractivity contribution in [1.29, 1.82) is 0 Å². The summed E-state index contributed by atoms with van der Waals surface area (Å²) in [5, 5.41) is 0. The molecule has 0 spiro atoms. The van der Waals surface area contributed by atoms with Crippen molar-refractivity contribution in [2.24, 2.45) is 5.73 Å². The standard InChI is InChI=1S/C14H23NO2S/c1-3-13(15)7-5-6-12-8-10-14(11-9-12)18(16,17)4-2/h8-11,13H,3-7,15H2,1-2H3. The highest BCUT2D eigenvalue weighted by Crippen LogP contribution is 2.14. The zero-order valence-electron chi connectivity index (χ0n) is 11.2. The van der Waals surface area contributed by atoms with Crippen LogP contribution in [0, 0.1) is 0 Å². The Hall–Kier alpha value is -0.870. The van der Waals surface area contributed by atoms with Crippen molar-refractivity contribution < 1.29 is 8.42 Å².